The number of hydrogen-bond donors (Lipinski definition) is 0. The van der Waals surface area contributed by atoms with E-state index < -0.39 is 20.8 Å². The number of hydrogen-bond acceptors (Lipinski definition) is 0. The maximum Gasteiger partial charge on any atom is 0.395 e. The second kappa shape index (κ2) is 2.71. The fourth-order valence-corrected chi connectivity index (χ4v) is 3.71. The van der Waals surface area contributed by atoms with E-state index in [0.29, 0.717) is 0 Å². The fraction of sp³-hybridized carbons (Fsp3) is 1.00. The average molecular weight is 221 g/mol. The van der Waals surface area contributed by atoms with E-state index in [1.54, 1.807) is 12.5 Å². The summed E-state index contributed by atoms with van der Waals surface area (Å²) in [5.74, 6) is 0.116. The highest BCUT2D eigenvalue weighted by Crippen LogP contribution is 2.65. The Hall–Kier alpha value is 0.430. The fourth-order valence-electron chi connectivity index (χ4n) is 1.32. The minimum atomic E-state index is -4.05. The molecule has 0 heterocycles. The van der Waals surface area contributed by atoms with E-state index in [1.807, 2.05) is 0 Å². The maximum atomic E-state index is 12.4. The standard InChI is InChI=1S/C7H12ClF3S/c1-12(2,8)5-6(3-4-6)7(9,10)11/h3-5H2,1-2H3. The molecule has 5 heteroatoms. The second-order valence-corrected chi connectivity index (χ2v) is 9.43. The van der Waals surface area contributed by atoms with E-state index in [1.165, 1.54) is 0 Å². The van der Waals surface area contributed by atoms with Crippen molar-refractivity contribution in [3.8, 4) is 0 Å². The first-order chi connectivity index (χ1) is 5.16. The van der Waals surface area contributed by atoms with Crippen molar-refractivity contribution in [2.75, 3.05) is 18.3 Å². The molecular formula is C7H12ClF3S. The Morgan fingerprint density at radius 1 is 1.33 bits per heavy atom. The van der Waals surface area contributed by atoms with Crippen LogP contribution in [0, 0.1) is 5.41 Å². The minimum Gasteiger partial charge on any atom is -0.170 e. The third-order valence-electron chi connectivity index (χ3n) is 2.07. The van der Waals surface area contributed by atoms with Gasteiger partial charge in [0.25, 0.3) is 0 Å². The van der Waals surface area contributed by atoms with Crippen LogP contribution in [-0.2, 0) is 0 Å². The molecule has 0 nitrogen and oxygen atoms in total. The quantitative estimate of drug-likeness (QED) is 0.668. The molecule has 1 fully saturated rings. The summed E-state index contributed by atoms with van der Waals surface area (Å²) in [7, 11) is 4.30. The highest BCUT2D eigenvalue weighted by molar-refractivity contribution is 8.50. The molecule has 0 aromatic rings. The Labute approximate surface area is 76.3 Å². The van der Waals surface area contributed by atoms with E-state index in [0.717, 1.165) is 0 Å². The third-order valence-corrected chi connectivity index (χ3v) is 3.64. The lowest BCUT2D eigenvalue weighted by molar-refractivity contribution is -0.179. The van der Waals surface area contributed by atoms with Crippen molar-refractivity contribution in [2.45, 2.75) is 19.0 Å². The summed E-state index contributed by atoms with van der Waals surface area (Å²) < 4.78 is 37.1. The highest BCUT2D eigenvalue weighted by Gasteiger charge is 2.63. The van der Waals surface area contributed by atoms with Crippen LogP contribution in [0.1, 0.15) is 12.8 Å². The number of alkyl halides is 3. The number of rotatable bonds is 2. The molecule has 0 unspecified atom stereocenters. The van der Waals surface area contributed by atoms with Gasteiger partial charge in [0.05, 0.1) is 5.41 Å². The molecule has 0 saturated heterocycles. The summed E-state index contributed by atoms with van der Waals surface area (Å²) in [4.78, 5) is 0. The Morgan fingerprint density at radius 2 is 1.75 bits per heavy atom. The summed E-state index contributed by atoms with van der Waals surface area (Å²) in [5, 5.41) is 0. The smallest absolute Gasteiger partial charge is 0.170 e. The summed E-state index contributed by atoms with van der Waals surface area (Å²) in [6.07, 6.45) is -0.105. The Bertz CT molecular complexity index is 178. The minimum absolute atomic E-state index is 0.116. The first-order valence-corrected chi connectivity index (χ1v) is 7.08. The van der Waals surface area contributed by atoms with Gasteiger partial charge in [0.2, 0.25) is 0 Å². The molecule has 0 spiro atoms. The van der Waals surface area contributed by atoms with Crippen LogP contribution < -0.4 is 0 Å². The zero-order valence-electron chi connectivity index (χ0n) is 7.04. The molecule has 0 amide bonds. The van der Waals surface area contributed by atoms with Crippen LogP contribution >= 0.6 is 19.9 Å². The van der Waals surface area contributed by atoms with Crippen molar-refractivity contribution >= 4 is 19.9 Å². The largest absolute Gasteiger partial charge is 0.395 e. The summed E-state index contributed by atoms with van der Waals surface area (Å²) >= 11 is 0. The summed E-state index contributed by atoms with van der Waals surface area (Å²) in [6.45, 7) is 0. The van der Waals surface area contributed by atoms with E-state index in [-0.39, 0.29) is 18.6 Å². The van der Waals surface area contributed by atoms with Crippen molar-refractivity contribution < 1.29 is 13.2 Å². The normalized spacial score (nSPS) is 23.8. The molecule has 1 rings (SSSR count). The molecule has 0 radical (unpaired) electrons. The highest BCUT2D eigenvalue weighted by atomic mass is 35.7. The topological polar surface area (TPSA) is 0 Å². The Balaban J connectivity index is 2.63. The van der Waals surface area contributed by atoms with Gasteiger partial charge >= 0.3 is 6.18 Å². The maximum absolute atomic E-state index is 12.4. The number of halogens is 4. The monoisotopic (exact) mass is 220 g/mol. The van der Waals surface area contributed by atoms with Crippen molar-refractivity contribution in [2.24, 2.45) is 5.41 Å². The van der Waals surface area contributed by atoms with Crippen LogP contribution in [0.2, 0.25) is 0 Å². The Kier molecular flexibility index (Phi) is 2.37. The van der Waals surface area contributed by atoms with Crippen LogP contribution in [0.25, 0.3) is 0 Å². The molecule has 1 aliphatic rings. The summed E-state index contributed by atoms with van der Waals surface area (Å²) in [5.41, 5.74) is -1.42. The van der Waals surface area contributed by atoms with Gasteiger partial charge in [0.15, 0.2) is 0 Å². The van der Waals surface area contributed by atoms with Crippen molar-refractivity contribution in [3.63, 3.8) is 0 Å². The van der Waals surface area contributed by atoms with Crippen LogP contribution in [0.15, 0.2) is 0 Å². The first kappa shape index (κ1) is 10.5. The van der Waals surface area contributed by atoms with Gasteiger partial charge in [-0.2, -0.15) is 22.4 Å². The lowest BCUT2D eigenvalue weighted by atomic mass is 10.1. The van der Waals surface area contributed by atoms with Gasteiger partial charge in [-0.25, -0.2) is 0 Å². The van der Waals surface area contributed by atoms with Gasteiger partial charge in [-0.05, 0) is 25.4 Å². The van der Waals surface area contributed by atoms with E-state index >= 15 is 0 Å². The zero-order valence-corrected chi connectivity index (χ0v) is 8.61. The SMILES string of the molecule is CS(C)(Cl)CC1(C(F)(F)F)CC1. The molecule has 0 aromatic carbocycles. The Morgan fingerprint density at radius 3 is 1.83 bits per heavy atom. The van der Waals surface area contributed by atoms with Crippen LogP contribution in [0.3, 0.4) is 0 Å². The second-order valence-electron chi connectivity index (χ2n) is 3.83. The van der Waals surface area contributed by atoms with Gasteiger partial charge < -0.3 is 0 Å². The van der Waals surface area contributed by atoms with E-state index in [9.17, 15) is 13.2 Å². The molecule has 0 atom stereocenters. The lowest BCUT2D eigenvalue weighted by Crippen LogP contribution is -2.29. The molecule has 0 N–H and O–H groups in total. The van der Waals surface area contributed by atoms with Crippen LogP contribution in [-0.4, -0.2) is 24.4 Å². The predicted molar refractivity (Wildman–Crippen MR) is 47.9 cm³/mol. The van der Waals surface area contributed by atoms with Gasteiger partial charge in [-0.1, -0.05) is 10.7 Å². The van der Waals surface area contributed by atoms with Gasteiger partial charge in [-0.3, -0.25) is 0 Å². The molecule has 1 aliphatic carbocycles. The molecular weight excluding hydrogens is 209 g/mol. The summed E-state index contributed by atoms with van der Waals surface area (Å²) in [6, 6.07) is 0. The molecule has 0 aliphatic heterocycles. The molecule has 12 heavy (non-hydrogen) atoms. The van der Waals surface area contributed by atoms with Gasteiger partial charge in [0, 0.05) is 5.75 Å². The van der Waals surface area contributed by atoms with Crippen molar-refractivity contribution in [1.29, 1.82) is 0 Å². The van der Waals surface area contributed by atoms with Crippen molar-refractivity contribution in [3.05, 3.63) is 0 Å². The van der Waals surface area contributed by atoms with Crippen LogP contribution in [0.4, 0.5) is 13.2 Å². The molecule has 74 valence electrons. The third kappa shape index (κ3) is 2.22. The van der Waals surface area contributed by atoms with Gasteiger partial charge in [0.1, 0.15) is 0 Å². The average Bonchev–Trinajstić information content (AvgIpc) is 2.39. The first-order valence-electron chi connectivity index (χ1n) is 3.64. The predicted octanol–water partition coefficient (Wildman–Crippen LogP) is 3.55. The van der Waals surface area contributed by atoms with Crippen molar-refractivity contribution in [1.82, 2.24) is 0 Å². The zero-order chi connectivity index (χ0) is 9.62. The molecule has 0 aromatic heterocycles. The molecule has 1 saturated carbocycles. The van der Waals surface area contributed by atoms with E-state index in [2.05, 4.69) is 0 Å². The van der Waals surface area contributed by atoms with Crippen LogP contribution in [0.5, 0.6) is 0 Å². The van der Waals surface area contributed by atoms with E-state index in [4.69, 9.17) is 10.7 Å². The molecule has 0 bridgehead atoms. The van der Waals surface area contributed by atoms with Gasteiger partial charge in [-0.15, -0.1) is 0 Å². The lowest BCUT2D eigenvalue weighted by Gasteiger charge is -2.29.